The van der Waals surface area contributed by atoms with Crippen LogP contribution in [0.2, 0.25) is 0 Å². The Bertz CT molecular complexity index is 886. The Labute approximate surface area is 137 Å². The highest BCUT2D eigenvalue weighted by Crippen LogP contribution is 2.36. The number of anilines is 1. The standard InChI is InChI=1S/C18H13FN2O3/c19-16-4-2-1-3-13(16)15-10-21(9-11(15)8-20)12-5-6-14(18(23)24)17(22)7-12/h1-7,9,15,22H,10H2,(H,23,24). The van der Waals surface area contributed by atoms with Crippen molar-refractivity contribution in [1.29, 1.82) is 5.26 Å². The van der Waals surface area contributed by atoms with Crippen molar-refractivity contribution in [2.45, 2.75) is 5.92 Å². The average molecular weight is 324 g/mol. The molecule has 24 heavy (non-hydrogen) atoms. The van der Waals surface area contributed by atoms with E-state index < -0.39 is 11.9 Å². The summed E-state index contributed by atoms with van der Waals surface area (Å²) in [4.78, 5) is 12.7. The second-order valence-electron chi connectivity index (χ2n) is 5.43. The molecule has 3 rings (SSSR count). The number of carboxylic acid groups (broad SMARTS) is 1. The van der Waals surface area contributed by atoms with E-state index in [-0.39, 0.29) is 17.1 Å². The maximum Gasteiger partial charge on any atom is 0.339 e. The van der Waals surface area contributed by atoms with Gasteiger partial charge in [0.1, 0.15) is 17.1 Å². The molecular weight excluding hydrogens is 311 g/mol. The fraction of sp³-hybridized carbons (Fsp3) is 0.111. The van der Waals surface area contributed by atoms with Gasteiger partial charge in [-0.1, -0.05) is 18.2 Å². The molecule has 1 atom stereocenters. The predicted molar refractivity (Wildman–Crippen MR) is 85.2 cm³/mol. The minimum Gasteiger partial charge on any atom is -0.507 e. The number of hydrogen-bond donors (Lipinski definition) is 2. The highest BCUT2D eigenvalue weighted by atomic mass is 19.1. The van der Waals surface area contributed by atoms with Gasteiger partial charge in [0.2, 0.25) is 0 Å². The second-order valence-corrected chi connectivity index (χ2v) is 5.43. The fourth-order valence-corrected chi connectivity index (χ4v) is 2.80. The molecule has 0 aliphatic carbocycles. The number of halogens is 1. The maximum atomic E-state index is 14.0. The van der Waals surface area contributed by atoms with Crippen molar-refractivity contribution >= 4 is 11.7 Å². The van der Waals surface area contributed by atoms with Gasteiger partial charge in [0.05, 0.1) is 11.6 Å². The molecule has 0 amide bonds. The van der Waals surface area contributed by atoms with E-state index in [4.69, 9.17) is 5.11 Å². The van der Waals surface area contributed by atoms with Crippen molar-refractivity contribution < 1.29 is 19.4 Å². The van der Waals surface area contributed by atoms with E-state index in [1.54, 1.807) is 35.4 Å². The van der Waals surface area contributed by atoms with Gasteiger partial charge in [0.15, 0.2) is 0 Å². The van der Waals surface area contributed by atoms with E-state index >= 15 is 0 Å². The van der Waals surface area contributed by atoms with Crippen molar-refractivity contribution in [2.75, 3.05) is 11.4 Å². The third-order valence-corrected chi connectivity index (χ3v) is 4.00. The quantitative estimate of drug-likeness (QED) is 0.905. The normalized spacial score (nSPS) is 16.6. The molecule has 0 saturated heterocycles. The summed E-state index contributed by atoms with van der Waals surface area (Å²) in [7, 11) is 0. The molecule has 0 aromatic heterocycles. The summed E-state index contributed by atoms with van der Waals surface area (Å²) >= 11 is 0. The van der Waals surface area contributed by atoms with Crippen LogP contribution in [0.3, 0.4) is 0 Å². The van der Waals surface area contributed by atoms with Gasteiger partial charge < -0.3 is 15.1 Å². The first-order valence-corrected chi connectivity index (χ1v) is 7.20. The van der Waals surface area contributed by atoms with Crippen LogP contribution in [-0.2, 0) is 0 Å². The summed E-state index contributed by atoms with van der Waals surface area (Å²) in [5.41, 5.74) is 1.17. The summed E-state index contributed by atoms with van der Waals surface area (Å²) in [5, 5.41) is 28.1. The zero-order valence-corrected chi connectivity index (χ0v) is 12.5. The Morgan fingerprint density at radius 2 is 2.04 bits per heavy atom. The number of aromatic hydroxyl groups is 1. The summed E-state index contributed by atoms with van der Waals surface area (Å²) in [6.07, 6.45) is 1.59. The van der Waals surface area contributed by atoms with Gasteiger partial charge in [-0.3, -0.25) is 0 Å². The Hall–Kier alpha value is -3.33. The molecule has 2 aromatic carbocycles. The molecule has 5 nitrogen and oxygen atoms in total. The third kappa shape index (κ3) is 2.68. The number of carboxylic acids is 1. The number of phenols is 1. The first-order valence-electron chi connectivity index (χ1n) is 7.20. The van der Waals surface area contributed by atoms with Crippen LogP contribution in [0.1, 0.15) is 21.8 Å². The summed E-state index contributed by atoms with van der Waals surface area (Å²) < 4.78 is 14.0. The van der Waals surface area contributed by atoms with Crippen LogP contribution >= 0.6 is 0 Å². The molecule has 0 fully saturated rings. The minimum absolute atomic E-state index is 0.201. The smallest absolute Gasteiger partial charge is 0.339 e. The van der Waals surface area contributed by atoms with E-state index in [1.165, 1.54) is 18.2 Å². The number of aromatic carboxylic acids is 1. The van der Waals surface area contributed by atoms with Crippen molar-refractivity contribution in [3.63, 3.8) is 0 Å². The first kappa shape index (κ1) is 15.6. The third-order valence-electron chi connectivity index (χ3n) is 4.00. The van der Waals surface area contributed by atoms with Gasteiger partial charge in [-0.15, -0.1) is 0 Å². The lowest BCUT2D eigenvalue weighted by Crippen LogP contribution is -2.17. The first-order chi connectivity index (χ1) is 11.5. The molecule has 1 aliphatic rings. The summed E-state index contributed by atoms with van der Waals surface area (Å²) in [6.45, 7) is 0.329. The molecule has 1 heterocycles. The number of rotatable bonds is 3. The molecule has 0 radical (unpaired) electrons. The number of nitrogens with zero attached hydrogens (tertiary/aromatic N) is 2. The van der Waals surface area contributed by atoms with Crippen LogP contribution in [-0.4, -0.2) is 22.7 Å². The van der Waals surface area contributed by atoms with Crippen molar-refractivity contribution in [2.24, 2.45) is 0 Å². The van der Waals surface area contributed by atoms with E-state index in [9.17, 15) is 19.6 Å². The number of carbonyl (C=O) groups is 1. The van der Waals surface area contributed by atoms with Gasteiger partial charge in [0.25, 0.3) is 0 Å². The number of nitriles is 1. The molecule has 0 saturated carbocycles. The molecule has 120 valence electrons. The molecule has 2 aromatic rings. The van der Waals surface area contributed by atoms with Crippen molar-refractivity contribution in [3.05, 3.63) is 71.2 Å². The molecule has 6 heteroatoms. The van der Waals surface area contributed by atoms with E-state index in [0.29, 0.717) is 23.4 Å². The second kappa shape index (κ2) is 6.05. The lowest BCUT2D eigenvalue weighted by Gasteiger charge is -2.19. The fourth-order valence-electron chi connectivity index (χ4n) is 2.80. The summed E-state index contributed by atoms with van der Waals surface area (Å²) in [5.74, 6) is -2.38. The maximum absolute atomic E-state index is 14.0. The monoisotopic (exact) mass is 324 g/mol. The molecule has 0 bridgehead atoms. The van der Waals surface area contributed by atoms with Crippen LogP contribution in [0.4, 0.5) is 10.1 Å². The van der Waals surface area contributed by atoms with Crippen LogP contribution < -0.4 is 4.90 Å². The van der Waals surface area contributed by atoms with Gasteiger partial charge in [-0.05, 0) is 23.8 Å². The Morgan fingerprint density at radius 1 is 1.29 bits per heavy atom. The number of hydrogen-bond acceptors (Lipinski definition) is 4. The van der Waals surface area contributed by atoms with Gasteiger partial charge >= 0.3 is 5.97 Å². The summed E-state index contributed by atoms with van der Waals surface area (Å²) in [6, 6.07) is 12.5. The Morgan fingerprint density at radius 3 is 2.67 bits per heavy atom. The zero-order chi connectivity index (χ0) is 17.3. The zero-order valence-electron chi connectivity index (χ0n) is 12.5. The lowest BCUT2D eigenvalue weighted by atomic mass is 9.94. The highest BCUT2D eigenvalue weighted by molar-refractivity contribution is 5.91. The van der Waals surface area contributed by atoms with Crippen molar-refractivity contribution in [3.8, 4) is 11.8 Å². The molecule has 2 N–H and O–H groups in total. The lowest BCUT2D eigenvalue weighted by molar-refractivity contribution is 0.0694. The van der Waals surface area contributed by atoms with Gasteiger partial charge in [-0.25, -0.2) is 9.18 Å². The minimum atomic E-state index is -1.22. The largest absolute Gasteiger partial charge is 0.507 e. The Balaban J connectivity index is 1.94. The predicted octanol–water partition coefficient (Wildman–Crippen LogP) is 3.24. The van der Waals surface area contributed by atoms with Gasteiger partial charge in [0, 0.05) is 30.4 Å². The average Bonchev–Trinajstić information content (AvgIpc) is 2.99. The molecule has 1 aliphatic heterocycles. The van der Waals surface area contributed by atoms with Crippen LogP contribution in [0, 0.1) is 17.1 Å². The van der Waals surface area contributed by atoms with Crippen LogP contribution in [0.25, 0.3) is 0 Å². The van der Waals surface area contributed by atoms with E-state index in [0.717, 1.165) is 0 Å². The topological polar surface area (TPSA) is 84.6 Å². The van der Waals surface area contributed by atoms with E-state index in [2.05, 4.69) is 6.07 Å². The Kier molecular flexibility index (Phi) is 3.92. The molecular formula is C18H13FN2O3. The van der Waals surface area contributed by atoms with E-state index in [1.807, 2.05) is 0 Å². The highest BCUT2D eigenvalue weighted by Gasteiger charge is 2.29. The van der Waals surface area contributed by atoms with Crippen LogP contribution in [0.5, 0.6) is 5.75 Å². The SMILES string of the molecule is N#CC1=CN(c2ccc(C(=O)O)c(O)c2)CC1c1ccccc1F. The molecule has 0 spiro atoms. The van der Waals surface area contributed by atoms with Gasteiger partial charge in [-0.2, -0.15) is 5.26 Å². The molecule has 1 unspecified atom stereocenters. The number of benzene rings is 2. The van der Waals surface area contributed by atoms with Crippen molar-refractivity contribution in [1.82, 2.24) is 0 Å². The van der Waals surface area contributed by atoms with Crippen LogP contribution in [0.15, 0.2) is 54.2 Å².